The maximum Gasteiger partial charge on any atom is 0.317 e. The lowest BCUT2D eigenvalue weighted by molar-refractivity contribution is -0.137. The summed E-state index contributed by atoms with van der Waals surface area (Å²) in [5.41, 5.74) is 0. The van der Waals surface area contributed by atoms with Gasteiger partial charge in [-0.2, -0.15) is 0 Å². The summed E-state index contributed by atoms with van der Waals surface area (Å²) in [6.45, 7) is 1.71. The van der Waals surface area contributed by atoms with E-state index in [0.717, 1.165) is 12.8 Å². The lowest BCUT2D eigenvalue weighted by Crippen LogP contribution is -2.47. The zero-order valence-electron chi connectivity index (χ0n) is 10.6. The molecule has 0 aromatic rings. The first-order valence-corrected chi connectivity index (χ1v) is 6.26. The largest absolute Gasteiger partial charge is 0.481 e. The van der Waals surface area contributed by atoms with Crippen LogP contribution < -0.4 is 5.32 Å². The number of nitrogens with one attached hydrogen (secondary N) is 1. The number of carbonyl (C=O) groups excluding carboxylic acids is 1. The Morgan fingerprint density at radius 3 is 2.47 bits per heavy atom. The molecule has 1 unspecified atom stereocenters. The molecule has 1 atom stereocenters. The second-order valence-electron chi connectivity index (χ2n) is 4.85. The third-order valence-electron chi connectivity index (χ3n) is 3.29. The monoisotopic (exact) mass is 242 g/mol. The molecule has 1 saturated carbocycles. The van der Waals surface area contributed by atoms with Crippen molar-refractivity contribution in [2.45, 2.75) is 57.5 Å². The van der Waals surface area contributed by atoms with Crippen LogP contribution >= 0.6 is 0 Å². The minimum absolute atomic E-state index is 0.0375. The molecule has 0 heterocycles. The van der Waals surface area contributed by atoms with Crippen molar-refractivity contribution in [1.82, 2.24) is 10.2 Å². The number of carboxylic acid groups (broad SMARTS) is 1. The Labute approximate surface area is 102 Å². The van der Waals surface area contributed by atoms with Crippen LogP contribution in [0, 0.1) is 0 Å². The Kier molecular flexibility index (Phi) is 5.25. The Morgan fingerprint density at radius 2 is 1.94 bits per heavy atom. The van der Waals surface area contributed by atoms with E-state index >= 15 is 0 Å². The third-order valence-corrected chi connectivity index (χ3v) is 3.29. The van der Waals surface area contributed by atoms with Gasteiger partial charge in [0, 0.05) is 19.1 Å². The van der Waals surface area contributed by atoms with Crippen LogP contribution in [-0.2, 0) is 4.79 Å². The Morgan fingerprint density at radius 1 is 1.35 bits per heavy atom. The fourth-order valence-electron chi connectivity index (χ4n) is 2.26. The number of aliphatic carboxylic acids is 1. The summed E-state index contributed by atoms with van der Waals surface area (Å²) < 4.78 is 0. The Balaban J connectivity index is 2.37. The molecule has 0 aromatic heterocycles. The number of nitrogens with zero attached hydrogens (tertiary/aromatic N) is 1. The summed E-state index contributed by atoms with van der Waals surface area (Å²) in [7, 11) is 1.79. The summed E-state index contributed by atoms with van der Waals surface area (Å²) >= 11 is 0. The summed E-state index contributed by atoms with van der Waals surface area (Å²) in [6.07, 6.45) is 5.67. The number of amides is 2. The van der Waals surface area contributed by atoms with Gasteiger partial charge in [-0.3, -0.25) is 4.79 Å². The SMILES string of the molecule is CC(CC(=O)O)NC(=O)N(C)C1CCCCC1. The van der Waals surface area contributed by atoms with Crippen LogP contribution in [0.4, 0.5) is 4.79 Å². The smallest absolute Gasteiger partial charge is 0.317 e. The van der Waals surface area contributed by atoms with Crippen LogP contribution in [0.1, 0.15) is 45.4 Å². The standard InChI is InChI=1S/C12H22N2O3/c1-9(8-11(15)16)13-12(17)14(2)10-6-4-3-5-7-10/h9-10H,3-8H2,1-2H3,(H,13,17)(H,15,16). The molecule has 0 saturated heterocycles. The van der Waals surface area contributed by atoms with E-state index in [0.29, 0.717) is 6.04 Å². The summed E-state index contributed by atoms with van der Waals surface area (Å²) in [4.78, 5) is 24.1. The van der Waals surface area contributed by atoms with Gasteiger partial charge in [-0.1, -0.05) is 19.3 Å². The highest BCUT2D eigenvalue weighted by molar-refractivity contribution is 5.75. The fraction of sp³-hybridized carbons (Fsp3) is 0.833. The summed E-state index contributed by atoms with van der Waals surface area (Å²) in [5.74, 6) is -0.891. The second-order valence-corrected chi connectivity index (χ2v) is 4.85. The highest BCUT2D eigenvalue weighted by Gasteiger charge is 2.23. The summed E-state index contributed by atoms with van der Waals surface area (Å²) in [5, 5.41) is 11.3. The quantitative estimate of drug-likeness (QED) is 0.790. The van der Waals surface area contributed by atoms with Crippen molar-refractivity contribution in [3.63, 3.8) is 0 Å². The molecule has 0 aliphatic heterocycles. The molecule has 0 bridgehead atoms. The van der Waals surface area contributed by atoms with Crippen molar-refractivity contribution in [3.05, 3.63) is 0 Å². The molecule has 0 radical (unpaired) electrons. The van der Waals surface area contributed by atoms with Crippen LogP contribution in [0.3, 0.4) is 0 Å². The van der Waals surface area contributed by atoms with Crippen LogP contribution in [0.15, 0.2) is 0 Å². The molecule has 5 heteroatoms. The molecular weight excluding hydrogens is 220 g/mol. The number of urea groups is 1. The minimum atomic E-state index is -0.891. The van der Waals surface area contributed by atoms with E-state index in [1.165, 1.54) is 19.3 Å². The van der Waals surface area contributed by atoms with E-state index in [1.807, 2.05) is 0 Å². The van der Waals surface area contributed by atoms with E-state index in [2.05, 4.69) is 5.32 Å². The average molecular weight is 242 g/mol. The fourth-order valence-corrected chi connectivity index (χ4v) is 2.26. The maximum atomic E-state index is 11.9. The van der Waals surface area contributed by atoms with Crippen molar-refractivity contribution < 1.29 is 14.7 Å². The van der Waals surface area contributed by atoms with Gasteiger partial charge in [0.2, 0.25) is 0 Å². The predicted molar refractivity (Wildman–Crippen MR) is 64.9 cm³/mol. The number of carbonyl (C=O) groups is 2. The lowest BCUT2D eigenvalue weighted by Gasteiger charge is -2.32. The zero-order valence-corrected chi connectivity index (χ0v) is 10.6. The number of rotatable bonds is 4. The van der Waals surface area contributed by atoms with E-state index in [1.54, 1.807) is 18.9 Å². The van der Waals surface area contributed by atoms with Gasteiger partial charge in [-0.15, -0.1) is 0 Å². The van der Waals surface area contributed by atoms with Crippen molar-refractivity contribution in [2.75, 3.05) is 7.05 Å². The van der Waals surface area contributed by atoms with Gasteiger partial charge in [0.15, 0.2) is 0 Å². The van der Waals surface area contributed by atoms with Gasteiger partial charge in [-0.25, -0.2) is 4.79 Å². The molecule has 98 valence electrons. The van der Waals surface area contributed by atoms with Gasteiger partial charge in [0.25, 0.3) is 0 Å². The molecule has 5 nitrogen and oxygen atoms in total. The first kappa shape index (κ1) is 13.8. The van der Waals surface area contributed by atoms with Gasteiger partial charge < -0.3 is 15.3 Å². The van der Waals surface area contributed by atoms with E-state index in [4.69, 9.17) is 5.11 Å². The average Bonchev–Trinajstić information content (AvgIpc) is 2.28. The molecule has 1 rings (SSSR count). The van der Waals surface area contributed by atoms with Gasteiger partial charge in [0.05, 0.1) is 6.42 Å². The highest BCUT2D eigenvalue weighted by atomic mass is 16.4. The minimum Gasteiger partial charge on any atom is -0.481 e. The van der Waals surface area contributed by atoms with E-state index < -0.39 is 5.97 Å². The van der Waals surface area contributed by atoms with E-state index in [-0.39, 0.29) is 18.5 Å². The molecule has 2 amide bonds. The number of hydrogen-bond acceptors (Lipinski definition) is 2. The second kappa shape index (κ2) is 6.47. The summed E-state index contributed by atoms with van der Waals surface area (Å²) in [6, 6.07) is -0.183. The van der Waals surface area contributed by atoms with Gasteiger partial charge in [-0.05, 0) is 19.8 Å². The molecule has 17 heavy (non-hydrogen) atoms. The molecule has 1 aliphatic rings. The molecular formula is C12H22N2O3. The Bertz CT molecular complexity index is 275. The molecule has 0 spiro atoms. The van der Waals surface area contributed by atoms with Gasteiger partial charge in [0.1, 0.15) is 0 Å². The number of hydrogen-bond donors (Lipinski definition) is 2. The first-order chi connectivity index (χ1) is 8.00. The van der Waals surface area contributed by atoms with Crippen molar-refractivity contribution in [2.24, 2.45) is 0 Å². The number of carboxylic acids is 1. The van der Waals surface area contributed by atoms with Crippen molar-refractivity contribution >= 4 is 12.0 Å². The molecule has 2 N–H and O–H groups in total. The highest BCUT2D eigenvalue weighted by Crippen LogP contribution is 2.21. The van der Waals surface area contributed by atoms with Crippen LogP contribution in [0.2, 0.25) is 0 Å². The third kappa shape index (κ3) is 4.63. The molecule has 0 aromatic carbocycles. The zero-order chi connectivity index (χ0) is 12.8. The molecule has 1 aliphatic carbocycles. The topological polar surface area (TPSA) is 69.6 Å². The first-order valence-electron chi connectivity index (χ1n) is 6.26. The normalized spacial score (nSPS) is 18.5. The van der Waals surface area contributed by atoms with E-state index in [9.17, 15) is 9.59 Å². The maximum absolute atomic E-state index is 11.9. The lowest BCUT2D eigenvalue weighted by atomic mass is 9.95. The van der Waals surface area contributed by atoms with Crippen LogP contribution in [0.25, 0.3) is 0 Å². The molecule has 1 fully saturated rings. The van der Waals surface area contributed by atoms with Crippen molar-refractivity contribution in [1.29, 1.82) is 0 Å². The Hall–Kier alpha value is -1.26. The predicted octanol–water partition coefficient (Wildman–Crippen LogP) is 1.82. The van der Waals surface area contributed by atoms with Crippen molar-refractivity contribution in [3.8, 4) is 0 Å². The van der Waals surface area contributed by atoms with Gasteiger partial charge >= 0.3 is 12.0 Å². The van der Waals surface area contributed by atoms with Crippen LogP contribution in [-0.4, -0.2) is 41.1 Å². The van der Waals surface area contributed by atoms with Crippen LogP contribution in [0.5, 0.6) is 0 Å².